The van der Waals surface area contributed by atoms with Crippen LogP contribution in [0.4, 0.5) is 4.39 Å². The van der Waals surface area contributed by atoms with E-state index in [-0.39, 0.29) is 10.4 Å². The number of halogens is 1. The van der Waals surface area contributed by atoms with Crippen LogP contribution in [-0.4, -0.2) is 28.6 Å². The van der Waals surface area contributed by atoms with Crippen LogP contribution in [0.5, 0.6) is 0 Å². The van der Waals surface area contributed by atoms with E-state index in [0.29, 0.717) is 27.9 Å². The number of nitrogens with zero attached hydrogens (tertiary/aromatic N) is 3. The quantitative estimate of drug-likeness (QED) is 0.438. The molecule has 1 aliphatic rings. The fourth-order valence-electron chi connectivity index (χ4n) is 4.21. The zero-order chi connectivity index (χ0) is 22.3. The van der Waals surface area contributed by atoms with Crippen molar-refractivity contribution in [1.82, 2.24) is 19.3 Å². The molecule has 0 saturated heterocycles. The van der Waals surface area contributed by atoms with Gasteiger partial charge in [-0.3, -0.25) is 4.40 Å². The first-order chi connectivity index (χ1) is 15.4. The second-order valence-electron chi connectivity index (χ2n) is 8.34. The van der Waals surface area contributed by atoms with Crippen LogP contribution in [0, 0.1) is 5.82 Å². The molecule has 1 saturated carbocycles. The number of rotatable bonds is 7. The molecule has 8 heteroatoms. The Morgan fingerprint density at radius 3 is 2.59 bits per heavy atom. The Balaban J connectivity index is 1.51. The summed E-state index contributed by atoms with van der Waals surface area (Å²) in [4.78, 5) is 0.166. The van der Waals surface area contributed by atoms with Crippen molar-refractivity contribution in [3.63, 3.8) is 0 Å². The van der Waals surface area contributed by atoms with E-state index in [2.05, 4.69) is 14.9 Å². The third-order valence-electron chi connectivity index (χ3n) is 6.00. The van der Waals surface area contributed by atoms with Gasteiger partial charge in [0.25, 0.3) is 0 Å². The van der Waals surface area contributed by atoms with Gasteiger partial charge in [-0.2, -0.15) is 0 Å². The summed E-state index contributed by atoms with van der Waals surface area (Å²) in [5, 5.41) is 7.85. The van der Waals surface area contributed by atoms with E-state index in [1.165, 1.54) is 6.07 Å². The van der Waals surface area contributed by atoms with Gasteiger partial charge in [0.2, 0.25) is 10.0 Å². The highest BCUT2D eigenvalue weighted by Gasteiger charge is 2.45. The molecule has 0 bridgehead atoms. The SMILES string of the molecule is CCCC1(NS(=O)(=O)c2ccccc2-c2ccc(-c3ccn4cnnc4c3)c(F)c2)CC1. The summed E-state index contributed by atoms with van der Waals surface area (Å²) >= 11 is 0. The Bertz CT molecular complexity index is 1410. The minimum absolute atomic E-state index is 0.166. The van der Waals surface area contributed by atoms with E-state index in [9.17, 15) is 8.42 Å². The van der Waals surface area contributed by atoms with Crippen LogP contribution in [0.1, 0.15) is 32.6 Å². The fourth-order valence-corrected chi connectivity index (χ4v) is 5.93. The molecule has 2 aromatic heterocycles. The van der Waals surface area contributed by atoms with Crippen LogP contribution in [0.2, 0.25) is 0 Å². The largest absolute Gasteiger partial charge is 0.289 e. The van der Waals surface area contributed by atoms with E-state index in [1.807, 2.05) is 6.92 Å². The second kappa shape index (κ2) is 7.79. The molecule has 4 aromatic rings. The van der Waals surface area contributed by atoms with Crippen molar-refractivity contribution >= 4 is 15.7 Å². The highest BCUT2D eigenvalue weighted by Crippen LogP contribution is 2.42. The van der Waals surface area contributed by atoms with Gasteiger partial charge in [-0.1, -0.05) is 43.7 Å². The lowest BCUT2D eigenvalue weighted by Crippen LogP contribution is -2.36. The highest BCUT2D eigenvalue weighted by atomic mass is 32.2. The van der Waals surface area contributed by atoms with Gasteiger partial charge >= 0.3 is 0 Å². The maximum Gasteiger partial charge on any atom is 0.241 e. The molecule has 1 aliphatic carbocycles. The normalized spacial score (nSPS) is 15.2. The van der Waals surface area contributed by atoms with Crippen LogP contribution in [0.3, 0.4) is 0 Å². The lowest BCUT2D eigenvalue weighted by Gasteiger charge is -2.18. The number of hydrogen-bond donors (Lipinski definition) is 1. The number of hydrogen-bond acceptors (Lipinski definition) is 4. The average molecular weight is 451 g/mol. The zero-order valence-corrected chi connectivity index (χ0v) is 18.4. The Labute approximate surface area is 186 Å². The van der Waals surface area contributed by atoms with Crippen molar-refractivity contribution in [2.75, 3.05) is 0 Å². The molecule has 5 rings (SSSR count). The fraction of sp³-hybridized carbons (Fsp3) is 0.250. The van der Waals surface area contributed by atoms with Gasteiger partial charge < -0.3 is 0 Å². The predicted octanol–water partition coefficient (Wildman–Crippen LogP) is 4.81. The minimum atomic E-state index is -3.74. The summed E-state index contributed by atoms with van der Waals surface area (Å²) in [5.41, 5.74) is 2.36. The lowest BCUT2D eigenvalue weighted by atomic mass is 10.00. The van der Waals surface area contributed by atoms with Crippen molar-refractivity contribution in [2.24, 2.45) is 0 Å². The molecule has 2 heterocycles. The molecule has 0 amide bonds. The lowest BCUT2D eigenvalue weighted by molar-refractivity contribution is 0.513. The van der Waals surface area contributed by atoms with Gasteiger partial charge in [-0.15, -0.1) is 10.2 Å². The number of pyridine rings is 1. The molecular formula is C24H23FN4O2S. The van der Waals surface area contributed by atoms with E-state index in [1.54, 1.807) is 65.5 Å². The summed E-state index contributed by atoms with van der Waals surface area (Å²) in [5.74, 6) is -0.434. The number of aromatic nitrogens is 3. The van der Waals surface area contributed by atoms with Gasteiger partial charge in [-0.05, 0) is 54.7 Å². The predicted molar refractivity (Wildman–Crippen MR) is 121 cm³/mol. The van der Waals surface area contributed by atoms with Gasteiger partial charge in [0.05, 0.1) is 4.90 Å². The topological polar surface area (TPSA) is 76.4 Å². The molecule has 0 aliphatic heterocycles. The first kappa shape index (κ1) is 20.8. The summed E-state index contributed by atoms with van der Waals surface area (Å²) < 4.78 is 46.2. The molecule has 164 valence electrons. The molecule has 32 heavy (non-hydrogen) atoms. The van der Waals surface area contributed by atoms with Gasteiger partial charge in [-0.25, -0.2) is 17.5 Å². The molecular weight excluding hydrogens is 427 g/mol. The molecule has 1 N–H and O–H groups in total. The summed E-state index contributed by atoms with van der Waals surface area (Å²) in [6.07, 6.45) is 6.78. The molecule has 0 unspecified atom stereocenters. The third-order valence-corrected chi connectivity index (χ3v) is 7.64. The molecule has 2 aromatic carbocycles. The number of nitrogens with one attached hydrogen (secondary N) is 1. The summed E-state index contributed by atoms with van der Waals surface area (Å²) in [7, 11) is -3.74. The van der Waals surface area contributed by atoms with E-state index >= 15 is 4.39 Å². The smallest absolute Gasteiger partial charge is 0.241 e. The van der Waals surface area contributed by atoms with E-state index in [4.69, 9.17) is 0 Å². The Morgan fingerprint density at radius 1 is 1.06 bits per heavy atom. The number of benzene rings is 2. The van der Waals surface area contributed by atoms with Crippen molar-refractivity contribution in [3.8, 4) is 22.3 Å². The van der Waals surface area contributed by atoms with Crippen LogP contribution in [0.25, 0.3) is 27.9 Å². The Morgan fingerprint density at radius 2 is 1.84 bits per heavy atom. The van der Waals surface area contributed by atoms with E-state index in [0.717, 1.165) is 25.7 Å². The van der Waals surface area contributed by atoms with Gasteiger partial charge in [0.15, 0.2) is 5.65 Å². The zero-order valence-electron chi connectivity index (χ0n) is 17.6. The Kier molecular flexibility index (Phi) is 5.06. The highest BCUT2D eigenvalue weighted by molar-refractivity contribution is 7.89. The minimum Gasteiger partial charge on any atom is -0.289 e. The van der Waals surface area contributed by atoms with Crippen LogP contribution >= 0.6 is 0 Å². The van der Waals surface area contributed by atoms with Crippen LogP contribution in [0.15, 0.2) is 72.0 Å². The van der Waals surface area contributed by atoms with Crippen molar-refractivity contribution in [1.29, 1.82) is 0 Å². The van der Waals surface area contributed by atoms with Gasteiger partial charge in [0, 0.05) is 22.9 Å². The first-order valence-corrected chi connectivity index (χ1v) is 12.1. The van der Waals surface area contributed by atoms with Crippen molar-refractivity contribution in [3.05, 3.63) is 72.9 Å². The maximum atomic E-state index is 15.1. The summed E-state index contributed by atoms with van der Waals surface area (Å²) in [6, 6.07) is 15.1. The van der Waals surface area contributed by atoms with Crippen LogP contribution in [-0.2, 0) is 10.0 Å². The summed E-state index contributed by atoms with van der Waals surface area (Å²) in [6.45, 7) is 2.05. The monoisotopic (exact) mass is 450 g/mol. The van der Waals surface area contributed by atoms with E-state index < -0.39 is 15.8 Å². The molecule has 0 atom stereocenters. The maximum absolute atomic E-state index is 15.1. The molecule has 0 radical (unpaired) electrons. The number of fused-ring (bicyclic) bond motifs is 1. The molecule has 0 spiro atoms. The third kappa shape index (κ3) is 3.80. The number of sulfonamides is 1. The average Bonchev–Trinajstić information content (AvgIpc) is 3.35. The van der Waals surface area contributed by atoms with Gasteiger partial charge in [0.1, 0.15) is 12.1 Å². The molecule has 1 fully saturated rings. The Hall–Kier alpha value is -3.10. The van der Waals surface area contributed by atoms with Crippen molar-refractivity contribution in [2.45, 2.75) is 43.0 Å². The first-order valence-electron chi connectivity index (χ1n) is 10.6. The van der Waals surface area contributed by atoms with Crippen molar-refractivity contribution < 1.29 is 12.8 Å². The molecule has 6 nitrogen and oxygen atoms in total. The second-order valence-corrected chi connectivity index (χ2v) is 9.99. The van der Waals surface area contributed by atoms with Crippen LogP contribution < -0.4 is 4.72 Å². The standard InChI is InChI=1S/C24H23FN4O2S/c1-2-10-24(11-12-24)28-32(30,31)22-6-4-3-5-20(22)17-7-8-19(21(25)14-17)18-9-13-29-16-26-27-23(29)15-18/h3-9,13-16,28H,2,10-12H2,1H3.